The van der Waals surface area contributed by atoms with Crippen LogP contribution in [0.5, 0.6) is 0 Å². The molecule has 4 rings (SSSR count). The van der Waals surface area contributed by atoms with Gasteiger partial charge in [0.1, 0.15) is 0 Å². The van der Waals surface area contributed by atoms with Crippen molar-refractivity contribution in [2.24, 2.45) is 5.92 Å². The topological polar surface area (TPSA) is 4.93 Å². The molecule has 0 aliphatic carbocycles. The zero-order chi connectivity index (χ0) is 22.1. The zero-order valence-electron chi connectivity index (χ0n) is 19.7. The van der Waals surface area contributed by atoms with Crippen LogP contribution in [0.4, 0.5) is 0 Å². The number of aryl methyl sites for hydroxylation is 2. The van der Waals surface area contributed by atoms with Crippen molar-refractivity contribution in [3.63, 3.8) is 0 Å². The molecule has 0 bridgehead atoms. The first-order valence-corrected chi connectivity index (χ1v) is 11.4. The normalized spacial score (nSPS) is 13.0. The third kappa shape index (κ3) is 3.74. The van der Waals surface area contributed by atoms with Gasteiger partial charge in [-0.1, -0.05) is 81.0 Å². The van der Waals surface area contributed by atoms with Crippen LogP contribution in [0, 0.1) is 12.8 Å². The highest BCUT2D eigenvalue weighted by Crippen LogP contribution is 2.39. The molecule has 0 radical (unpaired) electrons. The monoisotopic (exact) mass is 407 g/mol. The smallest absolute Gasteiger partial charge is 0.0540 e. The predicted octanol–water partition coefficient (Wildman–Crippen LogP) is 8.80. The highest BCUT2D eigenvalue weighted by atomic mass is 15.0. The van der Waals surface area contributed by atoms with Gasteiger partial charge in [0.2, 0.25) is 0 Å². The summed E-state index contributed by atoms with van der Waals surface area (Å²) in [7, 11) is 0. The molecule has 0 unspecified atom stereocenters. The standard InChI is InChI=1S/C30H33N/c1-7-24-26(25-13-9-8-12-22(25)5)18-19-29-30(24)27-14-10-11-15-28(27)31(29)23(6)17-16-21(4)20(2)3/h8-20H,7H2,1-6H3. The number of hydrogen-bond donors (Lipinski definition) is 0. The molecule has 3 aromatic carbocycles. The summed E-state index contributed by atoms with van der Waals surface area (Å²) in [4.78, 5) is 0. The van der Waals surface area contributed by atoms with E-state index in [0.29, 0.717) is 5.92 Å². The maximum Gasteiger partial charge on any atom is 0.0540 e. The summed E-state index contributed by atoms with van der Waals surface area (Å²) in [5.74, 6) is 0.561. The van der Waals surface area contributed by atoms with E-state index in [1.54, 1.807) is 0 Å². The van der Waals surface area contributed by atoms with E-state index in [2.05, 4.69) is 119 Å². The van der Waals surface area contributed by atoms with Gasteiger partial charge in [-0.25, -0.2) is 0 Å². The van der Waals surface area contributed by atoms with Crippen molar-refractivity contribution in [1.29, 1.82) is 0 Å². The third-order valence-electron chi connectivity index (χ3n) is 6.59. The summed E-state index contributed by atoms with van der Waals surface area (Å²) < 4.78 is 2.43. The first-order valence-electron chi connectivity index (χ1n) is 11.4. The van der Waals surface area contributed by atoms with Crippen LogP contribution in [0.15, 0.2) is 78.4 Å². The molecule has 4 aromatic rings. The van der Waals surface area contributed by atoms with Crippen LogP contribution >= 0.6 is 0 Å². The number of hydrogen-bond acceptors (Lipinski definition) is 0. The van der Waals surface area contributed by atoms with Crippen molar-refractivity contribution >= 4 is 27.5 Å². The molecular weight excluding hydrogens is 374 g/mol. The highest BCUT2D eigenvalue weighted by Gasteiger charge is 2.17. The Morgan fingerprint density at radius 2 is 1.55 bits per heavy atom. The van der Waals surface area contributed by atoms with E-state index in [9.17, 15) is 0 Å². The maximum atomic E-state index is 2.43. The van der Waals surface area contributed by atoms with Crippen molar-refractivity contribution < 1.29 is 0 Å². The molecule has 0 aliphatic heterocycles. The lowest BCUT2D eigenvalue weighted by molar-refractivity contribution is 0.769. The summed E-state index contributed by atoms with van der Waals surface area (Å²) in [6.45, 7) is 13.4. The second-order valence-corrected chi connectivity index (χ2v) is 8.88. The Balaban J connectivity index is 2.05. The summed E-state index contributed by atoms with van der Waals surface area (Å²) in [6, 6.07) is 22.2. The first-order chi connectivity index (χ1) is 14.9. The zero-order valence-corrected chi connectivity index (χ0v) is 19.7. The van der Waals surface area contributed by atoms with Crippen molar-refractivity contribution in [2.75, 3.05) is 0 Å². The molecule has 0 saturated heterocycles. The molecule has 0 spiro atoms. The van der Waals surface area contributed by atoms with Gasteiger partial charge >= 0.3 is 0 Å². The number of fused-ring (bicyclic) bond motifs is 3. The summed E-state index contributed by atoms with van der Waals surface area (Å²) in [5.41, 5.74) is 10.7. The van der Waals surface area contributed by atoms with E-state index < -0.39 is 0 Å². The molecule has 0 aliphatic rings. The Morgan fingerprint density at radius 1 is 0.839 bits per heavy atom. The molecule has 1 heterocycles. The van der Waals surface area contributed by atoms with Gasteiger partial charge in [-0.3, -0.25) is 0 Å². The summed E-state index contributed by atoms with van der Waals surface area (Å²) >= 11 is 0. The third-order valence-corrected chi connectivity index (χ3v) is 6.59. The van der Waals surface area contributed by atoms with E-state index >= 15 is 0 Å². The van der Waals surface area contributed by atoms with E-state index in [1.165, 1.54) is 55.3 Å². The van der Waals surface area contributed by atoms with Gasteiger partial charge in [-0.2, -0.15) is 0 Å². The van der Waals surface area contributed by atoms with Gasteiger partial charge < -0.3 is 4.57 Å². The number of para-hydroxylation sites is 1. The summed E-state index contributed by atoms with van der Waals surface area (Å²) in [6.07, 6.45) is 5.54. The molecule has 1 aromatic heterocycles. The van der Waals surface area contributed by atoms with Crippen molar-refractivity contribution in [1.82, 2.24) is 4.57 Å². The van der Waals surface area contributed by atoms with Crippen molar-refractivity contribution in [3.05, 3.63) is 89.5 Å². The molecular formula is C30H33N. The second kappa shape index (κ2) is 8.59. The minimum absolute atomic E-state index is 0.561. The fourth-order valence-electron chi connectivity index (χ4n) is 4.53. The van der Waals surface area contributed by atoms with E-state index in [4.69, 9.17) is 0 Å². The molecule has 0 amide bonds. The number of rotatable bonds is 5. The second-order valence-electron chi connectivity index (χ2n) is 8.88. The van der Waals surface area contributed by atoms with Crippen LogP contribution in [0.25, 0.3) is 38.6 Å². The van der Waals surface area contributed by atoms with E-state index in [1.807, 2.05) is 0 Å². The molecule has 0 N–H and O–H groups in total. The van der Waals surface area contributed by atoms with Crippen molar-refractivity contribution in [3.8, 4) is 11.1 Å². The van der Waals surface area contributed by atoms with Crippen molar-refractivity contribution in [2.45, 2.75) is 48.0 Å². The lowest BCUT2D eigenvalue weighted by atomic mass is 9.91. The Labute approximate surface area is 186 Å². The highest BCUT2D eigenvalue weighted by molar-refractivity contribution is 6.13. The largest absolute Gasteiger partial charge is 0.313 e. The lowest BCUT2D eigenvalue weighted by Crippen LogP contribution is -1.96. The Hall–Kier alpha value is -3.06. The van der Waals surface area contributed by atoms with Gasteiger partial charge in [-0.15, -0.1) is 0 Å². The number of benzene rings is 3. The molecule has 158 valence electrons. The average molecular weight is 408 g/mol. The SMILES string of the molecule is CCc1c(-c2ccccc2C)ccc2c1c1ccccc1n2C(C)=CC=C(C)C(C)C. The van der Waals surface area contributed by atoms with Gasteiger partial charge in [0.25, 0.3) is 0 Å². The quantitative estimate of drug-likeness (QED) is 0.291. The van der Waals surface area contributed by atoms with Crippen LogP contribution < -0.4 is 0 Å². The minimum atomic E-state index is 0.561. The number of aromatic nitrogens is 1. The summed E-state index contributed by atoms with van der Waals surface area (Å²) in [5, 5.41) is 2.72. The number of allylic oxidation sites excluding steroid dienone is 4. The van der Waals surface area contributed by atoms with Crippen LogP contribution in [-0.2, 0) is 6.42 Å². The fraction of sp³-hybridized carbons (Fsp3) is 0.267. The average Bonchev–Trinajstić information content (AvgIpc) is 3.11. The molecule has 0 saturated carbocycles. The first kappa shape index (κ1) is 21.2. The molecule has 0 fully saturated rings. The van der Waals surface area contributed by atoms with Crippen LogP contribution in [-0.4, -0.2) is 4.57 Å². The maximum absolute atomic E-state index is 2.43. The fourth-order valence-corrected chi connectivity index (χ4v) is 4.53. The van der Waals surface area contributed by atoms with Gasteiger partial charge in [-0.05, 0) is 73.6 Å². The Kier molecular flexibility index (Phi) is 5.87. The lowest BCUT2D eigenvalue weighted by Gasteiger charge is -2.14. The molecule has 1 nitrogen and oxygen atoms in total. The van der Waals surface area contributed by atoms with Crippen LogP contribution in [0.2, 0.25) is 0 Å². The molecule has 1 heteroatoms. The molecule has 0 atom stereocenters. The minimum Gasteiger partial charge on any atom is -0.313 e. The number of nitrogens with zero attached hydrogens (tertiary/aromatic N) is 1. The Morgan fingerprint density at radius 3 is 2.26 bits per heavy atom. The van der Waals surface area contributed by atoms with E-state index in [-0.39, 0.29) is 0 Å². The van der Waals surface area contributed by atoms with Gasteiger partial charge in [0.15, 0.2) is 0 Å². The van der Waals surface area contributed by atoms with Crippen LogP contribution in [0.3, 0.4) is 0 Å². The molecule has 31 heavy (non-hydrogen) atoms. The van der Waals surface area contributed by atoms with Gasteiger partial charge in [0.05, 0.1) is 11.0 Å². The van der Waals surface area contributed by atoms with Crippen LogP contribution in [0.1, 0.15) is 45.7 Å². The van der Waals surface area contributed by atoms with Gasteiger partial charge in [0, 0.05) is 16.5 Å². The van der Waals surface area contributed by atoms with E-state index in [0.717, 1.165) is 6.42 Å². The predicted molar refractivity (Wildman–Crippen MR) is 138 cm³/mol. The Bertz CT molecular complexity index is 1310.